The topological polar surface area (TPSA) is 39.6 Å². The van der Waals surface area contributed by atoms with E-state index in [2.05, 4.69) is 9.88 Å². The number of pyridine rings is 1. The smallest absolute Gasteiger partial charge is 0.390 e. The van der Waals surface area contributed by atoms with Crippen molar-refractivity contribution in [3.63, 3.8) is 0 Å². The molecule has 134 valence electrons. The first-order chi connectivity index (χ1) is 11.9. The highest BCUT2D eigenvalue weighted by Crippen LogP contribution is 2.35. The molecule has 25 heavy (non-hydrogen) atoms. The van der Waals surface area contributed by atoms with Gasteiger partial charge in [0.15, 0.2) is 0 Å². The molecule has 7 heteroatoms. The van der Waals surface area contributed by atoms with E-state index in [0.29, 0.717) is 26.2 Å². The number of alkyl halides is 3. The molecular weight excluding hydrogens is 331 g/mol. The van der Waals surface area contributed by atoms with Crippen molar-refractivity contribution in [3.8, 4) is 0 Å². The van der Waals surface area contributed by atoms with Crippen LogP contribution in [0.2, 0.25) is 0 Å². The van der Waals surface area contributed by atoms with Crippen LogP contribution in [0.15, 0.2) is 48.7 Å². The van der Waals surface area contributed by atoms with Gasteiger partial charge in [0.2, 0.25) is 0 Å². The molecule has 0 aliphatic carbocycles. The first kappa shape index (κ1) is 17.7. The summed E-state index contributed by atoms with van der Waals surface area (Å²) < 4.78 is 39.7. The molecule has 1 aliphatic heterocycles. The summed E-state index contributed by atoms with van der Waals surface area (Å²) >= 11 is 0. The van der Waals surface area contributed by atoms with Crippen molar-refractivity contribution in [2.75, 3.05) is 31.1 Å². The third-order valence-electron chi connectivity index (χ3n) is 4.23. The van der Waals surface area contributed by atoms with E-state index in [9.17, 15) is 18.3 Å². The van der Waals surface area contributed by atoms with Crippen LogP contribution in [-0.4, -0.2) is 47.3 Å². The maximum absolute atomic E-state index is 13.2. The van der Waals surface area contributed by atoms with Gasteiger partial charge < -0.3 is 10.0 Å². The van der Waals surface area contributed by atoms with Gasteiger partial charge in [0.05, 0.1) is 11.7 Å². The van der Waals surface area contributed by atoms with Crippen molar-refractivity contribution in [3.05, 3.63) is 59.8 Å². The quantitative estimate of drug-likeness (QED) is 0.923. The number of anilines is 1. The lowest BCUT2D eigenvalue weighted by Gasteiger charge is -2.25. The van der Waals surface area contributed by atoms with Gasteiger partial charge in [0.1, 0.15) is 5.82 Å². The average Bonchev–Trinajstić information content (AvgIpc) is 2.76. The van der Waals surface area contributed by atoms with E-state index in [1.165, 1.54) is 17.2 Å². The summed E-state index contributed by atoms with van der Waals surface area (Å²) in [5.74, 6) is -0.115. The molecular formula is C18H20F3N3O. The van der Waals surface area contributed by atoms with Gasteiger partial charge in [-0.2, -0.15) is 13.2 Å². The lowest BCUT2D eigenvalue weighted by atomic mass is 10.2. The van der Waals surface area contributed by atoms with Crippen LogP contribution in [0.25, 0.3) is 0 Å². The minimum atomic E-state index is -4.47. The van der Waals surface area contributed by atoms with Crippen LogP contribution >= 0.6 is 0 Å². The van der Waals surface area contributed by atoms with Crippen molar-refractivity contribution >= 4 is 5.82 Å². The number of hydrogen-bond donors (Lipinski definition) is 1. The zero-order valence-corrected chi connectivity index (χ0v) is 13.7. The van der Waals surface area contributed by atoms with E-state index in [0.717, 1.165) is 11.6 Å². The molecule has 0 saturated carbocycles. The minimum absolute atomic E-state index is 0.115. The Labute approximate surface area is 144 Å². The van der Waals surface area contributed by atoms with Gasteiger partial charge in [-0.15, -0.1) is 0 Å². The van der Waals surface area contributed by atoms with Gasteiger partial charge in [-0.25, -0.2) is 4.98 Å². The summed E-state index contributed by atoms with van der Waals surface area (Å²) in [5, 5.41) is 10.3. The fourth-order valence-electron chi connectivity index (χ4n) is 3.10. The highest BCUT2D eigenvalue weighted by Gasteiger charge is 2.36. The van der Waals surface area contributed by atoms with Crippen LogP contribution in [0.1, 0.15) is 11.1 Å². The Bertz CT molecular complexity index is 693. The van der Waals surface area contributed by atoms with Crippen molar-refractivity contribution < 1.29 is 18.3 Å². The van der Waals surface area contributed by atoms with E-state index in [-0.39, 0.29) is 12.4 Å². The Morgan fingerprint density at radius 2 is 1.80 bits per heavy atom. The number of hydrogen-bond acceptors (Lipinski definition) is 4. The molecule has 0 spiro atoms. The molecule has 1 aromatic heterocycles. The average molecular weight is 351 g/mol. The molecule has 0 radical (unpaired) electrons. The molecule has 2 heterocycles. The molecule has 1 unspecified atom stereocenters. The number of aliphatic hydroxyl groups is 1. The molecule has 3 rings (SSSR count). The molecule has 0 amide bonds. The maximum Gasteiger partial charge on any atom is 0.419 e. The van der Waals surface area contributed by atoms with Crippen LogP contribution in [0, 0.1) is 0 Å². The number of aliphatic hydroxyl groups excluding tert-OH is 1. The first-order valence-corrected chi connectivity index (χ1v) is 8.15. The predicted molar refractivity (Wildman–Crippen MR) is 89.2 cm³/mol. The molecule has 4 nitrogen and oxygen atoms in total. The zero-order valence-electron chi connectivity index (χ0n) is 13.7. The van der Waals surface area contributed by atoms with Gasteiger partial charge in [0.25, 0.3) is 0 Å². The number of aromatic nitrogens is 1. The fourth-order valence-corrected chi connectivity index (χ4v) is 3.10. The third kappa shape index (κ3) is 4.49. The fraction of sp³-hybridized carbons (Fsp3) is 0.389. The van der Waals surface area contributed by atoms with E-state index in [1.807, 2.05) is 30.3 Å². The van der Waals surface area contributed by atoms with Crippen molar-refractivity contribution in [1.29, 1.82) is 0 Å². The van der Waals surface area contributed by atoms with Crippen LogP contribution in [0.4, 0.5) is 19.0 Å². The zero-order chi connectivity index (χ0) is 17.9. The number of nitrogens with zero attached hydrogens (tertiary/aromatic N) is 3. The molecule has 0 bridgehead atoms. The second kappa shape index (κ2) is 7.41. The van der Waals surface area contributed by atoms with Crippen molar-refractivity contribution in [1.82, 2.24) is 9.88 Å². The van der Waals surface area contributed by atoms with Crippen molar-refractivity contribution in [2.45, 2.75) is 18.8 Å². The molecule has 2 aromatic rings. The second-order valence-electron chi connectivity index (χ2n) is 6.19. The van der Waals surface area contributed by atoms with Crippen LogP contribution in [0.5, 0.6) is 0 Å². The standard InChI is InChI=1S/C18H20F3N3O/c19-18(20,21)16-7-4-8-22-17(16)24-10-9-23(12-15(25)13-24)11-14-5-2-1-3-6-14/h1-8,15,25H,9-13H2. The van der Waals surface area contributed by atoms with Crippen LogP contribution in [0.3, 0.4) is 0 Å². The summed E-state index contributed by atoms with van der Waals surface area (Å²) in [6.07, 6.45) is -3.86. The van der Waals surface area contributed by atoms with Gasteiger partial charge in [-0.05, 0) is 17.7 Å². The molecule has 1 saturated heterocycles. The Hall–Kier alpha value is -2.12. The van der Waals surface area contributed by atoms with Gasteiger partial charge in [-0.1, -0.05) is 30.3 Å². The summed E-state index contributed by atoms with van der Waals surface area (Å²) in [4.78, 5) is 7.51. The highest BCUT2D eigenvalue weighted by molar-refractivity contribution is 5.48. The largest absolute Gasteiger partial charge is 0.419 e. The monoisotopic (exact) mass is 351 g/mol. The normalized spacial score (nSPS) is 19.7. The van der Waals surface area contributed by atoms with E-state index in [4.69, 9.17) is 0 Å². The van der Waals surface area contributed by atoms with E-state index >= 15 is 0 Å². The molecule has 1 aliphatic rings. The van der Waals surface area contributed by atoms with Gasteiger partial charge in [0, 0.05) is 38.9 Å². The molecule has 1 fully saturated rings. The number of rotatable bonds is 3. The SMILES string of the molecule is OC1CN(Cc2ccccc2)CCN(c2ncccc2C(F)(F)F)C1. The summed E-state index contributed by atoms with van der Waals surface area (Å²) in [7, 11) is 0. The van der Waals surface area contributed by atoms with E-state index < -0.39 is 17.8 Å². The van der Waals surface area contributed by atoms with E-state index in [1.54, 1.807) is 0 Å². The third-order valence-corrected chi connectivity index (χ3v) is 4.23. The van der Waals surface area contributed by atoms with Gasteiger partial charge in [-0.3, -0.25) is 4.90 Å². The van der Waals surface area contributed by atoms with Crippen LogP contribution in [-0.2, 0) is 12.7 Å². The maximum atomic E-state index is 13.2. The number of benzene rings is 1. The summed E-state index contributed by atoms with van der Waals surface area (Å²) in [6.45, 7) is 2.13. The highest BCUT2D eigenvalue weighted by atomic mass is 19.4. The summed E-state index contributed by atoms with van der Waals surface area (Å²) in [6, 6.07) is 12.1. The second-order valence-corrected chi connectivity index (χ2v) is 6.19. The Balaban J connectivity index is 1.76. The molecule has 1 atom stereocenters. The lowest BCUT2D eigenvalue weighted by molar-refractivity contribution is -0.137. The summed E-state index contributed by atoms with van der Waals surface area (Å²) in [5.41, 5.74) is 0.343. The Kier molecular flexibility index (Phi) is 5.24. The molecule has 1 N–H and O–H groups in total. The first-order valence-electron chi connectivity index (χ1n) is 8.15. The number of halogens is 3. The minimum Gasteiger partial charge on any atom is -0.390 e. The Morgan fingerprint density at radius 1 is 1.04 bits per heavy atom. The van der Waals surface area contributed by atoms with Gasteiger partial charge >= 0.3 is 6.18 Å². The lowest BCUT2D eigenvalue weighted by Crippen LogP contribution is -2.34. The Morgan fingerprint density at radius 3 is 2.52 bits per heavy atom. The van der Waals surface area contributed by atoms with Crippen LogP contribution < -0.4 is 4.90 Å². The number of β-amino-alcohol motifs (C(OH)–C–C–N with tert-alkyl or cyclic N) is 1. The predicted octanol–water partition coefficient (Wildman–Crippen LogP) is 2.78. The molecule has 1 aromatic carbocycles. The van der Waals surface area contributed by atoms with Crippen molar-refractivity contribution in [2.24, 2.45) is 0 Å².